The summed E-state index contributed by atoms with van der Waals surface area (Å²) < 4.78 is 0. The zero-order chi connectivity index (χ0) is 11.5. The number of phenolic OH excluding ortho intramolecular Hbond substituents is 1. The molecule has 0 bridgehead atoms. The zero-order valence-corrected chi connectivity index (χ0v) is 8.56. The predicted octanol–water partition coefficient (Wildman–Crippen LogP) is 0.609. The Morgan fingerprint density at radius 2 is 2.06 bits per heavy atom. The largest absolute Gasteiger partial charge is 0.508 e. The van der Waals surface area contributed by atoms with Crippen molar-refractivity contribution in [1.82, 2.24) is 5.32 Å². The minimum absolute atomic E-state index is 0.0918. The minimum Gasteiger partial charge on any atom is -0.508 e. The maximum atomic E-state index is 11.7. The number of anilines is 1. The van der Waals surface area contributed by atoms with Crippen molar-refractivity contribution in [3.63, 3.8) is 0 Å². The summed E-state index contributed by atoms with van der Waals surface area (Å²) in [7, 11) is 0. The van der Waals surface area contributed by atoms with Crippen LogP contribution in [0.2, 0.25) is 0 Å². The third-order valence-corrected chi connectivity index (χ3v) is 2.45. The fraction of sp³-hybridized carbons (Fsp3) is 0.273. The second kappa shape index (κ2) is 4.22. The van der Waals surface area contributed by atoms with Crippen LogP contribution in [0.25, 0.3) is 0 Å². The number of phenols is 1. The average molecular weight is 220 g/mol. The lowest BCUT2D eigenvalue weighted by Gasteiger charge is -2.10. The van der Waals surface area contributed by atoms with Crippen molar-refractivity contribution >= 4 is 17.5 Å². The van der Waals surface area contributed by atoms with Crippen LogP contribution in [0, 0.1) is 0 Å². The van der Waals surface area contributed by atoms with Crippen molar-refractivity contribution in [3.05, 3.63) is 24.3 Å². The lowest BCUT2D eigenvalue weighted by atomic mass is 10.2. The zero-order valence-electron chi connectivity index (χ0n) is 8.56. The maximum absolute atomic E-state index is 11.7. The van der Waals surface area contributed by atoms with Crippen LogP contribution >= 0.6 is 0 Å². The van der Waals surface area contributed by atoms with Gasteiger partial charge < -0.3 is 15.7 Å². The Balaban J connectivity index is 1.97. The molecule has 5 nitrogen and oxygen atoms in total. The molecule has 1 aromatic carbocycles. The van der Waals surface area contributed by atoms with E-state index >= 15 is 0 Å². The van der Waals surface area contributed by atoms with Gasteiger partial charge in [-0.3, -0.25) is 9.59 Å². The van der Waals surface area contributed by atoms with E-state index in [9.17, 15) is 9.59 Å². The molecule has 0 aromatic heterocycles. The van der Waals surface area contributed by atoms with Crippen LogP contribution < -0.4 is 10.6 Å². The first kappa shape index (κ1) is 10.5. The van der Waals surface area contributed by atoms with Crippen molar-refractivity contribution in [2.75, 3.05) is 5.32 Å². The van der Waals surface area contributed by atoms with Gasteiger partial charge in [0, 0.05) is 12.1 Å². The van der Waals surface area contributed by atoms with Gasteiger partial charge in [-0.15, -0.1) is 0 Å². The molecule has 0 unspecified atom stereocenters. The van der Waals surface area contributed by atoms with Crippen LogP contribution in [-0.4, -0.2) is 23.0 Å². The molecular weight excluding hydrogens is 208 g/mol. The number of hydrogen-bond acceptors (Lipinski definition) is 3. The number of carbonyl (C=O) groups excluding carboxylic acids is 2. The van der Waals surface area contributed by atoms with Gasteiger partial charge >= 0.3 is 0 Å². The van der Waals surface area contributed by atoms with Crippen molar-refractivity contribution in [2.24, 2.45) is 0 Å². The van der Waals surface area contributed by atoms with Gasteiger partial charge in [0.1, 0.15) is 11.8 Å². The molecule has 0 aliphatic carbocycles. The number of benzene rings is 1. The van der Waals surface area contributed by atoms with E-state index in [0.29, 0.717) is 18.5 Å². The van der Waals surface area contributed by atoms with Crippen LogP contribution in [-0.2, 0) is 9.59 Å². The lowest BCUT2D eigenvalue weighted by molar-refractivity contribution is -0.122. The van der Waals surface area contributed by atoms with E-state index in [1.807, 2.05) is 0 Å². The molecule has 1 heterocycles. The molecule has 16 heavy (non-hydrogen) atoms. The monoisotopic (exact) mass is 220 g/mol. The number of carbonyl (C=O) groups is 2. The van der Waals surface area contributed by atoms with Crippen LogP contribution in [0.15, 0.2) is 24.3 Å². The summed E-state index contributed by atoms with van der Waals surface area (Å²) in [5, 5.41) is 14.3. The smallest absolute Gasteiger partial charge is 0.246 e. The maximum Gasteiger partial charge on any atom is 0.246 e. The molecular formula is C11H12N2O3. The third-order valence-electron chi connectivity index (χ3n) is 2.45. The van der Waals surface area contributed by atoms with E-state index in [-0.39, 0.29) is 17.6 Å². The second-order valence-corrected chi connectivity index (χ2v) is 3.69. The van der Waals surface area contributed by atoms with Gasteiger partial charge in [0.2, 0.25) is 11.8 Å². The highest BCUT2D eigenvalue weighted by Gasteiger charge is 2.26. The first-order chi connectivity index (χ1) is 7.65. The van der Waals surface area contributed by atoms with Crippen LogP contribution in [0.5, 0.6) is 5.75 Å². The molecule has 5 heteroatoms. The molecule has 0 spiro atoms. The molecule has 1 aliphatic heterocycles. The van der Waals surface area contributed by atoms with Crippen LogP contribution in [0.1, 0.15) is 12.8 Å². The molecule has 1 aromatic rings. The molecule has 84 valence electrons. The summed E-state index contributed by atoms with van der Waals surface area (Å²) in [4.78, 5) is 22.6. The van der Waals surface area contributed by atoms with Crippen LogP contribution in [0.4, 0.5) is 5.69 Å². The van der Waals surface area contributed by atoms with Gasteiger partial charge in [0.15, 0.2) is 0 Å². The predicted molar refractivity (Wildman–Crippen MR) is 57.9 cm³/mol. The highest BCUT2D eigenvalue weighted by atomic mass is 16.3. The Kier molecular flexibility index (Phi) is 2.76. The SMILES string of the molecule is O=C1CC[C@@H](C(=O)Nc2ccc(O)cc2)N1. The molecule has 1 atom stereocenters. The Labute approximate surface area is 92.5 Å². The number of amides is 2. The first-order valence-corrected chi connectivity index (χ1v) is 5.04. The molecule has 0 saturated carbocycles. The fourth-order valence-corrected chi connectivity index (χ4v) is 1.58. The van der Waals surface area contributed by atoms with Crippen molar-refractivity contribution in [1.29, 1.82) is 0 Å². The highest BCUT2D eigenvalue weighted by molar-refractivity contribution is 5.98. The quantitative estimate of drug-likeness (QED) is 0.639. The normalized spacial score (nSPS) is 19.2. The van der Waals surface area contributed by atoms with Gasteiger partial charge in [-0.2, -0.15) is 0 Å². The Hall–Kier alpha value is -2.04. The fourth-order valence-electron chi connectivity index (χ4n) is 1.58. The summed E-state index contributed by atoms with van der Waals surface area (Å²) in [6.07, 6.45) is 0.927. The highest BCUT2D eigenvalue weighted by Crippen LogP contribution is 2.15. The third kappa shape index (κ3) is 2.31. The van der Waals surface area contributed by atoms with Gasteiger partial charge in [-0.05, 0) is 30.7 Å². The van der Waals surface area contributed by atoms with E-state index < -0.39 is 6.04 Å². The van der Waals surface area contributed by atoms with E-state index in [1.54, 1.807) is 12.1 Å². The van der Waals surface area contributed by atoms with E-state index in [4.69, 9.17) is 5.11 Å². The molecule has 1 fully saturated rings. The molecule has 1 aliphatic rings. The van der Waals surface area contributed by atoms with Gasteiger partial charge in [-0.1, -0.05) is 0 Å². The summed E-state index contributed by atoms with van der Waals surface area (Å²) in [5.41, 5.74) is 0.601. The number of aromatic hydroxyl groups is 1. The minimum atomic E-state index is -0.443. The van der Waals surface area contributed by atoms with E-state index in [1.165, 1.54) is 12.1 Å². The summed E-state index contributed by atoms with van der Waals surface area (Å²) in [6.45, 7) is 0. The van der Waals surface area contributed by atoms with E-state index in [0.717, 1.165) is 0 Å². The Morgan fingerprint density at radius 1 is 1.38 bits per heavy atom. The van der Waals surface area contributed by atoms with Crippen molar-refractivity contribution in [3.8, 4) is 5.75 Å². The Bertz CT molecular complexity index is 414. The summed E-state index contributed by atoms with van der Waals surface area (Å²) in [6, 6.07) is 5.74. The van der Waals surface area contributed by atoms with Crippen molar-refractivity contribution < 1.29 is 14.7 Å². The topological polar surface area (TPSA) is 78.4 Å². The first-order valence-electron chi connectivity index (χ1n) is 5.04. The summed E-state index contributed by atoms with van der Waals surface area (Å²) >= 11 is 0. The lowest BCUT2D eigenvalue weighted by Crippen LogP contribution is -2.37. The standard InChI is InChI=1S/C11H12N2O3/c14-8-3-1-7(2-4-8)12-11(16)9-5-6-10(15)13-9/h1-4,9,14H,5-6H2,(H,12,16)(H,13,15)/t9-/m0/s1. The number of rotatable bonds is 2. The van der Waals surface area contributed by atoms with Gasteiger partial charge in [0.25, 0.3) is 0 Å². The van der Waals surface area contributed by atoms with Gasteiger partial charge in [0.05, 0.1) is 0 Å². The summed E-state index contributed by atoms with van der Waals surface area (Å²) in [5.74, 6) is -0.172. The Morgan fingerprint density at radius 3 is 2.62 bits per heavy atom. The van der Waals surface area contributed by atoms with Gasteiger partial charge in [-0.25, -0.2) is 0 Å². The molecule has 2 rings (SSSR count). The molecule has 2 amide bonds. The number of nitrogens with one attached hydrogen (secondary N) is 2. The molecule has 0 radical (unpaired) electrons. The number of hydrogen-bond donors (Lipinski definition) is 3. The van der Waals surface area contributed by atoms with Crippen LogP contribution in [0.3, 0.4) is 0 Å². The second-order valence-electron chi connectivity index (χ2n) is 3.69. The molecule has 1 saturated heterocycles. The average Bonchev–Trinajstić information content (AvgIpc) is 2.68. The van der Waals surface area contributed by atoms with Crippen molar-refractivity contribution in [2.45, 2.75) is 18.9 Å². The van der Waals surface area contributed by atoms with E-state index in [2.05, 4.69) is 10.6 Å². The molecule has 3 N–H and O–H groups in total.